The molecule has 0 spiro atoms. The zero-order valence-corrected chi connectivity index (χ0v) is 15.8. The molecule has 0 saturated carbocycles. The number of halogens is 2. The number of sulfonamides is 1. The quantitative estimate of drug-likeness (QED) is 0.576. The number of rotatable bonds is 7. The van der Waals surface area contributed by atoms with Crippen LogP contribution in [0.15, 0.2) is 32.1 Å². The molecule has 0 radical (unpaired) electrons. The van der Waals surface area contributed by atoms with Gasteiger partial charge in [-0.15, -0.1) is 0 Å². The molecule has 28 heavy (non-hydrogen) atoms. The Morgan fingerprint density at radius 1 is 1.36 bits per heavy atom. The maximum atomic E-state index is 13.4. The van der Waals surface area contributed by atoms with E-state index in [9.17, 15) is 17.6 Å². The lowest BCUT2D eigenvalue weighted by Crippen LogP contribution is -2.22. The third-order valence-corrected chi connectivity index (χ3v) is 4.65. The van der Waals surface area contributed by atoms with Gasteiger partial charge in [0.15, 0.2) is 0 Å². The van der Waals surface area contributed by atoms with Crippen LogP contribution in [0.4, 0.5) is 4.39 Å². The molecule has 0 bridgehead atoms. The van der Waals surface area contributed by atoms with Gasteiger partial charge in [-0.1, -0.05) is 16.8 Å². The van der Waals surface area contributed by atoms with E-state index in [1.807, 2.05) is 0 Å². The molecule has 0 unspecified atom stereocenters. The fourth-order valence-electron chi connectivity index (χ4n) is 2.23. The Morgan fingerprint density at radius 2 is 2.11 bits per heavy atom. The van der Waals surface area contributed by atoms with Gasteiger partial charge >= 0.3 is 5.76 Å². The van der Waals surface area contributed by atoms with Crippen LogP contribution in [0.1, 0.15) is 13.3 Å². The Bertz CT molecular complexity index is 1160. The summed E-state index contributed by atoms with van der Waals surface area (Å²) in [5.74, 6) is -2.17. The van der Waals surface area contributed by atoms with Crippen LogP contribution in [0, 0.1) is 5.82 Å². The van der Waals surface area contributed by atoms with E-state index in [0.717, 1.165) is 10.6 Å². The van der Waals surface area contributed by atoms with Gasteiger partial charge in [0.25, 0.3) is 5.88 Å². The topological polar surface area (TPSA) is 156 Å². The van der Waals surface area contributed by atoms with Crippen molar-refractivity contribution in [3.05, 3.63) is 39.6 Å². The first-order valence-electron chi connectivity index (χ1n) is 7.70. The van der Waals surface area contributed by atoms with Crippen molar-refractivity contribution >= 4 is 21.6 Å². The largest absolute Gasteiger partial charge is 0.471 e. The van der Waals surface area contributed by atoms with Crippen LogP contribution >= 0.6 is 11.6 Å². The molecule has 14 heteroatoms. The average Bonchev–Trinajstić information content (AvgIpc) is 3.21. The maximum Gasteiger partial charge on any atom is 0.446 e. The highest BCUT2D eigenvalue weighted by atomic mass is 35.5. The zero-order valence-electron chi connectivity index (χ0n) is 14.2. The van der Waals surface area contributed by atoms with E-state index in [4.69, 9.17) is 21.5 Å². The summed E-state index contributed by atoms with van der Waals surface area (Å²) in [6.07, 6.45) is -0.555. The third-order valence-electron chi connectivity index (χ3n) is 3.56. The van der Waals surface area contributed by atoms with Crippen molar-refractivity contribution in [3.8, 4) is 23.1 Å². The SMILES string of the molecule is C[C@@H](CCS(N)(=O)=O)Oc1nonc1-c1noc(=O)n1-c1ccc(F)c(Cl)c1. The number of ether oxygens (including phenoxy) is 1. The first kappa shape index (κ1) is 20.0. The summed E-state index contributed by atoms with van der Waals surface area (Å²) in [6, 6.07) is 3.54. The second-order valence-electron chi connectivity index (χ2n) is 5.71. The molecular formula is C14H13ClFN5O6S. The standard InChI is InChI=1S/C14H13ClFN5O6S/c1-7(4-5-28(17,23)24)25-13-11(18-27-20-13)12-19-26-14(22)21(12)8-2-3-10(16)9(15)6-8/h2-3,6-7H,4-5H2,1H3,(H2,17,23,24)/t7-/m0/s1. The Labute approximate surface area is 161 Å². The second kappa shape index (κ2) is 7.69. The molecule has 0 saturated heterocycles. The first-order valence-corrected chi connectivity index (χ1v) is 9.79. The van der Waals surface area contributed by atoms with Gasteiger partial charge in [-0.2, -0.15) is 0 Å². The molecular weight excluding hydrogens is 421 g/mol. The van der Waals surface area contributed by atoms with Crippen LogP contribution in [0.25, 0.3) is 17.2 Å². The molecule has 2 aromatic heterocycles. The molecule has 0 fully saturated rings. The number of nitrogens with two attached hydrogens (primary N) is 1. The smallest absolute Gasteiger partial charge is 0.446 e. The Morgan fingerprint density at radius 3 is 2.79 bits per heavy atom. The molecule has 0 amide bonds. The summed E-state index contributed by atoms with van der Waals surface area (Å²) in [5, 5.41) is 15.6. The number of hydrogen-bond acceptors (Lipinski definition) is 9. The van der Waals surface area contributed by atoms with Crippen LogP contribution in [0.5, 0.6) is 5.88 Å². The molecule has 3 aromatic rings. The minimum atomic E-state index is -3.66. The monoisotopic (exact) mass is 433 g/mol. The summed E-state index contributed by atoms with van der Waals surface area (Å²) in [5.41, 5.74) is 0.0672. The fraction of sp³-hybridized carbons (Fsp3) is 0.286. The van der Waals surface area contributed by atoms with Gasteiger partial charge in [0.2, 0.25) is 21.5 Å². The van der Waals surface area contributed by atoms with E-state index >= 15 is 0 Å². The maximum absolute atomic E-state index is 13.4. The Hall–Kier alpha value is -2.77. The van der Waals surface area contributed by atoms with Crippen molar-refractivity contribution in [2.24, 2.45) is 5.14 Å². The zero-order chi connectivity index (χ0) is 20.5. The molecule has 0 aliphatic heterocycles. The molecule has 0 aliphatic rings. The summed E-state index contributed by atoms with van der Waals surface area (Å²) in [6.45, 7) is 1.58. The summed E-state index contributed by atoms with van der Waals surface area (Å²) in [7, 11) is -3.66. The summed E-state index contributed by atoms with van der Waals surface area (Å²) < 4.78 is 51.3. The number of aromatic nitrogens is 4. The van der Waals surface area contributed by atoms with Crippen molar-refractivity contribution in [1.29, 1.82) is 0 Å². The molecule has 2 N–H and O–H groups in total. The number of hydrogen-bond donors (Lipinski definition) is 1. The van der Waals surface area contributed by atoms with E-state index in [1.165, 1.54) is 12.1 Å². The highest BCUT2D eigenvalue weighted by Gasteiger charge is 2.25. The second-order valence-corrected chi connectivity index (χ2v) is 7.85. The summed E-state index contributed by atoms with van der Waals surface area (Å²) >= 11 is 5.76. The van der Waals surface area contributed by atoms with Gasteiger partial charge in [-0.05, 0) is 41.9 Å². The van der Waals surface area contributed by atoms with E-state index in [1.54, 1.807) is 6.92 Å². The van der Waals surface area contributed by atoms with Gasteiger partial charge in [0.1, 0.15) is 5.82 Å². The molecule has 2 heterocycles. The lowest BCUT2D eigenvalue weighted by atomic mass is 10.3. The molecule has 1 atom stereocenters. The minimum Gasteiger partial charge on any atom is -0.471 e. The van der Waals surface area contributed by atoms with Crippen LogP contribution < -0.4 is 15.6 Å². The van der Waals surface area contributed by atoms with Gasteiger partial charge < -0.3 is 4.74 Å². The molecule has 150 valence electrons. The van der Waals surface area contributed by atoms with Gasteiger partial charge in [-0.3, -0.25) is 4.52 Å². The van der Waals surface area contributed by atoms with Crippen molar-refractivity contribution in [2.45, 2.75) is 19.4 Å². The Kier molecular flexibility index (Phi) is 5.49. The van der Waals surface area contributed by atoms with Crippen molar-refractivity contribution in [3.63, 3.8) is 0 Å². The van der Waals surface area contributed by atoms with Gasteiger partial charge in [0, 0.05) is 0 Å². The highest BCUT2D eigenvalue weighted by Crippen LogP contribution is 2.28. The normalized spacial score (nSPS) is 12.9. The van der Waals surface area contributed by atoms with Gasteiger partial charge in [0.05, 0.1) is 22.6 Å². The van der Waals surface area contributed by atoms with Crippen molar-refractivity contribution in [1.82, 2.24) is 20.0 Å². The third kappa shape index (κ3) is 4.37. The van der Waals surface area contributed by atoms with Crippen molar-refractivity contribution < 1.29 is 26.7 Å². The Balaban J connectivity index is 1.93. The number of benzene rings is 1. The first-order chi connectivity index (χ1) is 13.2. The van der Waals surface area contributed by atoms with Gasteiger partial charge in [-0.25, -0.2) is 31.9 Å². The van der Waals surface area contributed by atoms with E-state index in [-0.39, 0.29) is 40.3 Å². The average molecular weight is 434 g/mol. The predicted octanol–water partition coefficient (Wildman–Crippen LogP) is 1.11. The van der Waals surface area contributed by atoms with E-state index < -0.39 is 27.7 Å². The molecule has 3 rings (SSSR count). The van der Waals surface area contributed by atoms with Crippen LogP contribution in [0.3, 0.4) is 0 Å². The lowest BCUT2D eigenvalue weighted by molar-refractivity contribution is 0.192. The van der Waals surface area contributed by atoms with E-state index in [2.05, 4.69) is 24.6 Å². The predicted molar refractivity (Wildman–Crippen MR) is 93.0 cm³/mol. The van der Waals surface area contributed by atoms with Crippen molar-refractivity contribution in [2.75, 3.05) is 5.75 Å². The minimum absolute atomic E-state index is 0.0737. The molecule has 1 aromatic carbocycles. The summed E-state index contributed by atoms with van der Waals surface area (Å²) in [4.78, 5) is 12.1. The molecule has 0 aliphatic carbocycles. The number of nitrogens with zero attached hydrogens (tertiary/aromatic N) is 4. The number of primary sulfonamides is 1. The lowest BCUT2D eigenvalue weighted by Gasteiger charge is -2.11. The van der Waals surface area contributed by atoms with Crippen LogP contribution in [-0.2, 0) is 10.0 Å². The fourth-order valence-corrected chi connectivity index (χ4v) is 3.06. The van der Waals surface area contributed by atoms with E-state index in [0.29, 0.717) is 0 Å². The van der Waals surface area contributed by atoms with Crippen LogP contribution in [-0.4, -0.2) is 40.3 Å². The molecule has 11 nitrogen and oxygen atoms in total. The van der Waals surface area contributed by atoms with Crippen LogP contribution in [0.2, 0.25) is 5.02 Å². The highest BCUT2D eigenvalue weighted by molar-refractivity contribution is 7.89.